The fourth-order valence-corrected chi connectivity index (χ4v) is 9.41. The van der Waals surface area contributed by atoms with Crippen LogP contribution in [0.1, 0.15) is 103 Å². The summed E-state index contributed by atoms with van der Waals surface area (Å²) in [6.07, 6.45) is 15.7. The van der Waals surface area contributed by atoms with Crippen LogP contribution in [0.25, 0.3) is 0 Å². The van der Waals surface area contributed by atoms with E-state index in [4.69, 9.17) is 33.2 Å². The highest BCUT2D eigenvalue weighted by atomic mass is 16.6. The molecule has 0 unspecified atom stereocenters. The van der Waals surface area contributed by atoms with Crippen molar-refractivity contribution < 1.29 is 61.9 Å². The van der Waals surface area contributed by atoms with Gasteiger partial charge in [0, 0.05) is 18.2 Å². The lowest BCUT2D eigenvalue weighted by molar-refractivity contribution is -0.154. The van der Waals surface area contributed by atoms with E-state index < -0.39 is 11.9 Å². The minimum absolute atomic E-state index is 0.0174. The molecule has 0 N–H and O–H groups in total. The van der Waals surface area contributed by atoms with Gasteiger partial charge in [0.1, 0.15) is 32.2 Å². The lowest BCUT2D eigenvalue weighted by Gasteiger charge is -2.36. The Bertz CT molecular complexity index is 1590. The number of hydrogen-bond acceptors (Lipinski definition) is 13. The van der Waals surface area contributed by atoms with Crippen LogP contribution in [0.5, 0.6) is 17.2 Å². The summed E-state index contributed by atoms with van der Waals surface area (Å²) in [6, 6.07) is 4.83. The molecule has 0 radical (unpaired) electrons. The first-order chi connectivity index (χ1) is 28.1. The van der Waals surface area contributed by atoms with Gasteiger partial charge in [0.05, 0.1) is 30.8 Å². The van der Waals surface area contributed by atoms with Gasteiger partial charge in [-0.05, 0) is 139 Å². The standard InChI is InChI=1S/C45H60O13/c1-4-40(46)53-24-26-55-42(48)33-14-6-29(7-15-33)31-10-18-35(19-11-31)44(50)57-37-22-23-38(39(28-37)52-3)58-45(51)36-20-12-32(13-21-36)30-8-16-34(17-9-30)43(49)56-27-25-54-41(47)5-2/h4-5,22-23,28-36H,1-2,6-21,24-27H2,3H3. The lowest BCUT2D eigenvalue weighted by atomic mass is 9.69. The van der Waals surface area contributed by atoms with Gasteiger partial charge < -0.3 is 33.2 Å². The number of esters is 6. The molecule has 13 nitrogen and oxygen atoms in total. The Balaban J connectivity index is 0.975. The highest BCUT2D eigenvalue weighted by molar-refractivity contribution is 5.81. The molecule has 0 atom stereocenters. The third kappa shape index (κ3) is 12.9. The van der Waals surface area contributed by atoms with Crippen molar-refractivity contribution in [3.05, 3.63) is 43.5 Å². The van der Waals surface area contributed by atoms with Crippen molar-refractivity contribution in [2.45, 2.75) is 103 Å². The van der Waals surface area contributed by atoms with Crippen LogP contribution in [-0.4, -0.2) is 69.4 Å². The topological polar surface area (TPSA) is 167 Å². The van der Waals surface area contributed by atoms with Gasteiger partial charge in [0.2, 0.25) is 0 Å². The Morgan fingerprint density at radius 1 is 0.483 bits per heavy atom. The Kier molecular flexibility index (Phi) is 17.2. The number of ether oxygens (including phenoxy) is 7. The molecule has 0 amide bonds. The average Bonchev–Trinajstić information content (AvgIpc) is 3.26. The third-order valence-corrected chi connectivity index (χ3v) is 12.8. The number of benzene rings is 1. The van der Waals surface area contributed by atoms with Gasteiger partial charge in [0.25, 0.3) is 0 Å². The summed E-state index contributed by atoms with van der Waals surface area (Å²) in [5.41, 5.74) is 0. The summed E-state index contributed by atoms with van der Waals surface area (Å²) in [6.45, 7) is 6.79. The van der Waals surface area contributed by atoms with Crippen LogP contribution in [0.15, 0.2) is 43.5 Å². The van der Waals surface area contributed by atoms with Crippen LogP contribution in [0.3, 0.4) is 0 Å². The molecule has 0 heterocycles. The highest BCUT2D eigenvalue weighted by Gasteiger charge is 2.37. The lowest BCUT2D eigenvalue weighted by Crippen LogP contribution is -2.32. The van der Waals surface area contributed by atoms with Crippen LogP contribution in [0.2, 0.25) is 0 Å². The molecule has 4 fully saturated rings. The Labute approximate surface area is 341 Å². The van der Waals surface area contributed by atoms with Crippen LogP contribution >= 0.6 is 0 Å². The van der Waals surface area contributed by atoms with E-state index in [-0.39, 0.29) is 79.7 Å². The summed E-state index contributed by atoms with van der Waals surface area (Å²) in [5, 5.41) is 0. The molecule has 0 aliphatic heterocycles. The van der Waals surface area contributed by atoms with E-state index in [0.29, 0.717) is 35.2 Å². The van der Waals surface area contributed by atoms with Crippen LogP contribution in [0.4, 0.5) is 0 Å². The molecule has 4 aliphatic rings. The van der Waals surface area contributed by atoms with Gasteiger partial charge in [-0.15, -0.1) is 0 Å². The first kappa shape index (κ1) is 44.4. The van der Waals surface area contributed by atoms with Gasteiger partial charge in [-0.25, -0.2) is 9.59 Å². The fourth-order valence-electron chi connectivity index (χ4n) is 9.41. The van der Waals surface area contributed by atoms with E-state index in [0.717, 1.165) is 115 Å². The van der Waals surface area contributed by atoms with Crippen LogP contribution in [0, 0.1) is 47.3 Å². The molecule has 0 aromatic heterocycles. The molecule has 58 heavy (non-hydrogen) atoms. The largest absolute Gasteiger partial charge is 0.493 e. The molecule has 1 aromatic rings. The molecule has 4 saturated carbocycles. The summed E-state index contributed by atoms with van der Waals surface area (Å²) < 4.78 is 37.5. The highest BCUT2D eigenvalue weighted by Crippen LogP contribution is 2.44. The molecule has 0 saturated heterocycles. The van der Waals surface area contributed by atoms with Gasteiger partial charge in [-0.2, -0.15) is 0 Å². The van der Waals surface area contributed by atoms with E-state index in [1.807, 2.05) is 0 Å². The van der Waals surface area contributed by atoms with Gasteiger partial charge in [0.15, 0.2) is 11.5 Å². The van der Waals surface area contributed by atoms with E-state index in [1.54, 1.807) is 18.2 Å². The molecular formula is C45H60O13. The molecule has 5 rings (SSSR count). The van der Waals surface area contributed by atoms with E-state index in [9.17, 15) is 28.8 Å². The molecule has 0 spiro atoms. The minimum atomic E-state index is -0.542. The van der Waals surface area contributed by atoms with E-state index >= 15 is 0 Å². The van der Waals surface area contributed by atoms with Crippen LogP contribution in [-0.2, 0) is 47.7 Å². The summed E-state index contributed by atoms with van der Waals surface area (Å²) in [4.78, 5) is 73.7. The maximum atomic E-state index is 13.2. The Hall–Kier alpha value is -4.68. The van der Waals surface area contributed by atoms with Crippen molar-refractivity contribution in [1.82, 2.24) is 0 Å². The Morgan fingerprint density at radius 3 is 1.19 bits per heavy atom. The molecule has 13 heteroatoms. The second kappa shape index (κ2) is 22.5. The monoisotopic (exact) mass is 808 g/mol. The smallest absolute Gasteiger partial charge is 0.330 e. The first-order valence-electron chi connectivity index (χ1n) is 21.1. The van der Waals surface area contributed by atoms with E-state index in [1.165, 1.54) is 7.11 Å². The zero-order valence-corrected chi connectivity index (χ0v) is 33.9. The predicted molar refractivity (Wildman–Crippen MR) is 210 cm³/mol. The number of methoxy groups -OCH3 is 1. The van der Waals surface area contributed by atoms with Crippen molar-refractivity contribution in [3.63, 3.8) is 0 Å². The third-order valence-electron chi connectivity index (χ3n) is 12.8. The average molecular weight is 809 g/mol. The van der Waals surface area contributed by atoms with Crippen LogP contribution < -0.4 is 14.2 Å². The molecule has 1 aromatic carbocycles. The van der Waals surface area contributed by atoms with E-state index in [2.05, 4.69) is 13.2 Å². The van der Waals surface area contributed by atoms with Gasteiger partial charge in [-0.3, -0.25) is 19.2 Å². The van der Waals surface area contributed by atoms with Gasteiger partial charge >= 0.3 is 35.8 Å². The van der Waals surface area contributed by atoms with Crippen molar-refractivity contribution in [2.24, 2.45) is 47.3 Å². The zero-order chi connectivity index (χ0) is 41.4. The summed E-state index contributed by atoms with van der Waals surface area (Å²) >= 11 is 0. The first-order valence-corrected chi connectivity index (χ1v) is 21.1. The van der Waals surface area contributed by atoms with Crippen molar-refractivity contribution in [3.8, 4) is 17.2 Å². The quantitative estimate of drug-likeness (QED) is 0.0507. The maximum absolute atomic E-state index is 13.2. The second-order valence-corrected chi connectivity index (χ2v) is 16.2. The molecule has 318 valence electrons. The SMILES string of the molecule is C=CC(=O)OCCOC(=O)C1CCC(C2CCC(C(=O)Oc3ccc(OC(=O)C4CCC(C5CCC(C(=O)OCCOC(=O)C=C)CC5)CC4)c(OC)c3)CC2)CC1. The van der Waals surface area contributed by atoms with Gasteiger partial charge in [-0.1, -0.05) is 13.2 Å². The normalized spacial score (nSPS) is 27.1. The van der Waals surface area contributed by atoms with Crippen molar-refractivity contribution in [1.29, 1.82) is 0 Å². The number of carbonyl (C=O) groups excluding carboxylic acids is 6. The molecular weight excluding hydrogens is 748 g/mol. The second-order valence-electron chi connectivity index (χ2n) is 16.2. The number of rotatable bonds is 17. The minimum Gasteiger partial charge on any atom is -0.493 e. The Morgan fingerprint density at radius 2 is 0.828 bits per heavy atom. The maximum Gasteiger partial charge on any atom is 0.330 e. The zero-order valence-electron chi connectivity index (χ0n) is 33.9. The fraction of sp³-hybridized carbons (Fsp3) is 0.644. The molecule has 0 bridgehead atoms. The van der Waals surface area contributed by atoms with Crippen molar-refractivity contribution in [2.75, 3.05) is 33.5 Å². The number of hydrogen-bond donors (Lipinski definition) is 0. The summed E-state index contributed by atoms with van der Waals surface area (Å²) in [5.74, 6) is 0.188. The summed E-state index contributed by atoms with van der Waals surface area (Å²) in [7, 11) is 1.49. The number of carbonyl (C=O) groups is 6. The molecule has 4 aliphatic carbocycles. The predicted octanol–water partition coefficient (Wildman–Crippen LogP) is 7.28. The van der Waals surface area contributed by atoms with Crippen molar-refractivity contribution >= 4 is 35.8 Å².